The van der Waals surface area contributed by atoms with Crippen molar-refractivity contribution in [3.05, 3.63) is 45.2 Å². The first-order valence-electron chi connectivity index (χ1n) is 11.9. The molecule has 0 aromatic carbocycles. The van der Waals surface area contributed by atoms with Gasteiger partial charge in [-0.3, -0.25) is 4.79 Å². The number of fused-ring (bicyclic) bond motifs is 2. The second-order valence-electron chi connectivity index (χ2n) is 8.73. The highest BCUT2D eigenvalue weighted by Gasteiger charge is 2.25. The Balaban J connectivity index is 0.00000119. The lowest BCUT2D eigenvalue weighted by Crippen LogP contribution is -2.50. The Morgan fingerprint density at radius 2 is 1.94 bits per heavy atom. The molecule has 2 aliphatic rings. The van der Waals surface area contributed by atoms with Crippen molar-refractivity contribution in [2.45, 2.75) is 78.8 Å². The number of pyridine rings is 1. The first-order chi connectivity index (χ1) is 15.5. The minimum atomic E-state index is -0.0851. The van der Waals surface area contributed by atoms with Crippen LogP contribution in [-0.2, 0) is 0 Å². The maximum absolute atomic E-state index is 13.8. The summed E-state index contributed by atoms with van der Waals surface area (Å²) < 4.78 is 2.07. The van der Waals surface area contributed by atoms with Crippen molar-refractivity contribution in [3.63, 3.8) is 0 Å². The topological polar surface area (TPSA) is 88.5 Å². The lowest BCUT2D eigenvalue weighted by Gasteiger charge is -2.26. The third kappa shape index (κ3) is 3.85. The van der Waals surface area contributed by atoms with Gasteiger partial charge < -0.3 is 14.9 Å². The summed E-state index contributed by atoms with van der Waals surface area (Å²) in [6, 6.07) is 2.40. The van der Waals surface area contributed by atoms with E-state index in [2.05, 4.69) is 62.7 Å². The minimum Gasteiger partial charge on any atom is -0.360 e. The first kappa shape index (κ1) is 22.2. The Kier molecular flexibility index (Phi) is 6.44. The summed E-state index contributed by atoms with van der Waals surface area (Å²) in [5, 5.41) is 5.49. The van der Waals surface area contributed by atoms with E-state index in [-0.39, 0.29) is 17.6 Å². The van der Waals surface area contributed by atoms with Crippen LogP contribution >= 0.6 is 0 Å². The van der Waals surface area contributed by atoms with Crippen LogP contribution in [0.5, 0.6) is 0 Å². The van der Waals surface area contributed by atoms with E-state index in [1.54, 1.807) is 6.33 Å². The van der Waals surface area contributed by atoms with Gasteiger partial charge in [-0.1, -0.05) is 45.3 Å². The summed E-state index contributed by atoms with van der Waals surface area (Å²) >= 11 is 0. The molecule has 5 rings (SSSR count). The Hall–Kier alpha value is -2.96. The van der Waals surface area contributed by atoms with Gasteiger partial charge in [-0.05, 0) is 50.3 Å². The normalized spacial score (nSPS) is 19.2. The highest BCUT2D eigenvalue weighted by Crippen LogP contribution is 2.31. The van der Waals surface area contributed by atoms with Crippen molar-refractivity contribution in [1.82, 2.24) is 24.5 Å². The van der Waals surface area contributed by atoms with Crippen LogP contribution in [0.25, 0.3) is 22.8 Å². The predicted octanol–water partition coefficient (Wildman–Crippen LogP) is 3.82. The number of imidazole rings is 1. The highest BCUT2D eigenvalue weighted by molar-refractivity contribution is 5.82. The van der Waals surface area contributed by atoms with Gasteiger partial charge in [0.05, 0.1) is 12.4 Å². The van der Waals surface area contributed by atoms with Crippen LogP contribution in [0.1, 0.15) is 84.5 Å². The molecule has 0 saturated heterocycles. The molecule has 7 heteroatoms. The minimum absolute atomic E-state index is 0.0851. The monoisotopic (exact) mass is 434 g/mol. The summed E-state index contributed by atoms with van der Waals surface area (Å²) in [6.07, 6.45) is 10.8. The molecule has 170 valence electrons. The van der Waals surface area contributed by atoms with Gasteiger partial charge in [0.15, 0.2) is 11.5 Å². The second-order valence-corrected chi connectivity index (χ2v) is 8.73. The SMILES string of the molecule is CC.CC1=c2c(cc(C(C)Nc3ncnc4nc[nH]c34)n(C3CCCC3)c2=O)=CCC1C. The smallest absolute Gasteiger partial charge is 0.258 e. The zero-order valence-electron chi connectivity index (χ0n) is 19.8. The number of aromatic amines is 1. The van der Waals surface area contributed by atoms with Crippen molar-refractivity contribution < 1.29 is 0 Å². The van der Waals surface area contributed by atoms with E-state index in [1.807, 2.05) is 13.8 Å². The number of rotatable bonds is 4. The largest absolute Gasteiger partial charge is 0.360 e. The lowest BCUT2D eigenvalue weighted by atomic mass is 9.91. The fourth-order valence-electron chi connectivity index (χ4n) is 4.97. The zero-order chi connectivity index (χ0) is 22.8. The van der Waals surface area contributed by atoms with Gasteiger partial charge in [-0.25, -0.2) is 15.0 Å². The van der Waals surface area contributed by atoms with Crippen LogP contribution in [0.2, 0.25) is 0 Å². The van der Waals surface area contributed by atoms with Crippen molar-refractivity contribution in [1.29, 1.82) is 0 Å². The van der Waals surface area contributed by atoms with Gasteiger partial charge in [-0.2, -0.15) is 0 Å². The van der Waals surface area contributed by atoms with Gasteiger partial charge >= 0.3 is 0 Å². The Morgan fingerprint density at radius 3 is 2.69 bits per heavy atom. The van der Waals surface area contributed by atoms with Gasteiger partial charge in [-0.15, -0.1) is 0 Å². The molecule has 32 heavy (non-hydrogen) atoms. The van der Waals surface area contributed by atoms with E-state index >= 15 is 0 Å². The molecule has 2 unspecified atom stereocenters. The van der Waals surface area contributed by atoms with E-state index in [0.29, 0.717) is 17.4 Å². The van der Waals surface area contributed by atoms with Crippen LogP contribution in [-0.4, -0.2) is 24.5 Å². The van der Waals surface area contributed by atoms with Crippen LogP contribution in [0.3, 0.4) is 0 Å². The van der Waals surface area contributed by atoms with Crippen LogP contribution < -0.4 is 21.3 Å². The quantitative estimate of drug-likeness (QED) is 0.652. The van der Waals surface area contributed by atoms with Crippen molar-refractivity contribution >= 4 is 28.6 Å². The van der Waals surface area contributed by atoms with Gasteiger partial charge in [0.2, 0.25) is 0 Å². The van der Waals surface area contributed by atoms with Gasteiger partial charge in [0, 0.05) is 17.0 Å². The van der Waals surface area contributed by atoms with E-state index in [1.165, 1.54) is 24.7 Å². The fraction of sp³-hybridized carbons (Fsp3) is 0.520. The molecule has 0 spiro atoms. The summed E-state index contributed by atoms with van der Waals surface area (Å²) in [5.74, 6) is 1.12. The standard InChI is InChI=1S/C23H28N6O.C2H6/c1-13-8-9-16-10-18(15(3)28-22-20-21(25-11-24-20)26-12-27-22)29(17-6-4-5-7-17)23(30)19(16)14(13)2;1-2/h9-13,15,17H,4-8H2,1-3H3,(H2,24,25,26,27,28);1-2H3. The van der Waals surface area contributed by atoms with E-state index in [0.717, 1.165) is 40.9 Å². The maximum Gasteiger partial charge on any atom is 0.258 e. The Morgan fingerprint density at radius 1 is 1.19 bits per heavy atom. The van der Waals surface area contributed by atoms with Gasteiger partial charge in [0.1, 0.15) is 11.8 Å². The number of nitrogens with one attached hydrogen (secondary N) is 2. The number of H-pyrrole nitrogens is 1. The lowest BCUT2D eigenvalue weighted by molar-refractivity contribution is 0.471. The fourth-order valence-corrected chi connectivity index (χ4v) is 4.97. The highest BCUT2D eigenvalue weighted by atomic mass is 16.1. The molecule has 3 heterocycles. The van der Waals surface area contributed by atoms with Gasteiger partial charge in [0.25, 0.3) is 5.56 Å². The molecule has 2 atom stereocenters. The van der Waals surface area contributed by atoms with E-state index < -0.39 is 0 Å². The third-order valence-corrected chi connectivity index (χ3v) is 6.84. The average molecular weight is 435 g/mol. The number of hydrogen-bond donors (Lipinski definition) is 2. The maximum atomic E-state index is 13.8. The number of hydrogen-bond acceptors (Lipinski definition) is 5. The molecule has 3 aromatic heterocycles. The number of anilines is 1. The molecule has 1 fully saturated rings. The molecular formula is C25H34N6O. The summed E-state index contributed by atoms with van der Waals surface area (Å²) in [4.78, 5) is 29.7. The molecule has 1 saturated carbocycles. The molecule has 0 amide bonds. The second kappa shape index (κ2) is 9.27. The average Bonchev–Trinajstić information content (AvgIpc) is 3.50. The molecular weight excluding hydrogens is 400 g/mol. The molecule has 2 N–H and O–H groups in total. The van der Waals surface area contributed by atoms with Crippen LogP contribution in [0.4, 0.5) is 5.82 Å². The van der Waals surface area contributed by atoms with Crippen LogP contribution in [0, 0.1) is 5.92 Å². The predicted molar refractivity (Wildman–Crippen MR) is 130 cm³/mol. The van der Waals surface area contributed by atoms with Crippen molar-refractivity contribution in [3.8, 4) is 0 Å². The molecule has 3 aromatic rings. The molecule has 7 nitrogen and oxygen atoms in total. The van der Waals surface area contributed by atoms with Crippen LogP contribution in [0.15, 0.2) is 23.5 Å². The van der Waals surface area contributed by atoms with Crippen molar-refractivity contribution in [2.75, 3.05) is 5.32 Å². The molecule has 0 aliphatic heterocycles. The molecule has 0 radical (unpaired) electrons. The Labute approximate surface area is 188 Å². The number of nitrogens with zero attached hydrogens (tertiary/aromatic N) is 4. The summed E-state index contributed by atoms with van der Waals surface area (Å²) in [7, 11) is 0. The first-order valence-corrected chi connectivity index (χ1v) is 11.9. The zero-order valence-corrected chi connectivity index (χ0v) is 19.8. The summed E-state index contributed by atoms with van der Waals surface area (Å²) in [5.41, 5.74) is 3.81. The molecule has 0 bridgehead atoms. The summed E-state index contributed by atoms with van der Waals surface area (Å²) in [6.45, 7) is 10.4. The van der Waals surface area contributed by atoms with Crippen molar-refractivity contribution in [2.24, 2.45) is 5.92 Å². The Bertz CT molecular complexity index is 1280. The third-order valence-electron chi connectivity index (χ3n) is 6.84. The molecule has 2 aliphatic carbocycles. The van der Waals surface area contributed by atoms with E-state index in [9.17, 15) is 4.79 Å². The van der Waals surface area contributed by atoms with E-state index in [4.69, 9.17) is 0 Å². The number of aromatic nitrogens is 5.